The van der Waals surface area contributed by atoms with Crippen molar-refractivity contribution in [2.24, 2.45) is 0 Å². The van der Waals surface area contributed by atoms with Gasteiger partial charge in [-0.1, -0.05) is 6.07 Å². The lowest BCUT2D eigenvalue weighted by Crippen LogP contribution is -2.68. The molecule has 4 rings (SSSR count). The van der Waals surface area contributed by atoms with Gasteiger partial charge in [-0.15, -0.1) is 10.2 Å². The Morgan fingerprint density at radius 2 is 1.92 bits per heavy atom. The van der Waals surface area contributed by atoms with Crippen molar-refractivity contribution in [3.05, 3.63) is 60.0 Å². The highest BCUT2D eigenvalue weighted by atomic mass is 19.3. The number of pyridine rings is 1. The van der Waals surface area contributed by atoms with Crippen LogP contribution in [0.4, 0.5) is 23.2 Å². The second-order valence-corrected chi connectivity index (χ2v) is 8.92. The van der Waals surface area contributed by atoms with Crippen LogP contribution in [0.25, 0.3) is 11.5 Å². The first-order chi connectivity index (χ1) is 17.6. The Labute approximate surface area is 209 Å². The summed E-state index contributed by atoms with van der Waals surface area (Å²) < 4.78 is 59.9. The number of hydrogen-bond acceptors (Lipinski definition) is 7. The molecule has 0 aliphatic carbocycles. The van der Waals surface area contributed by atoms with E-state index >= 15 is 4.39 Å². The van der Waals surface area contributed by atoms with Gasteiger partial charge >= 0.3 is 6.43 Å². The van der Waals surface area contributed by atoms with Crippen molar-refractivity contribution >= 4 is 17.5 Å². The summed E-state index contributed by atoms with van der Waals surface area (Å²) in [6.45, 7) is -0.526. The molecule has 0 atom stereocenters. The van der Waals surface area contributed by atoms with E-state index in [1.807, 2.05) is 19.0 Å². The molecule has 37 heavy (non-hydrogen) atoms. The lowest BCUT2D eigenvalue weighted by molar-refractivity contribution is -0.155. The first-order valence-electron chi connectivity index (χ1n) is 11.3. The van der Waals surface area contributed by atoms with Crippen LogP contribution in [0.2, 0.25) is 0 Å². The van der Waals surface area contributed by atoms with Crippen LogP contribution in [0.5, 0.6) is 0 Å². The largest absolute Gasteiger partial charge is 0.415 e. The van der Waals surface area contributed by atoms with E-state index < -0.39 is 42.8 Å². The summed E-state index contributed by atoms with van der Waals surface area (Å²) in [6.07, 6.45) is -1.44. The van der Waals surface area contributed by atoms with Crippen molar-refractivity contribution in [3.8, 4) is 11.5 Å². The molecule has 0 N–H and O–H groups in total. The standard InChI is InChI=1S/C24H24F4N6O3/c1-32(2)9-8-19(35)33-13-24(28,14-33)23(36)34(18-5-3-4-16(25)10-18)12-17-7-6-15(11-29-17)21-30-31-22(37-21)20(26)27/h3-7,10-11,20H,8-9,12-14H2,1-2H3. The van der Waals surface area contributed by atoms with Gasteiger partial charge in [0.2, 0.25) is 17.5 Å². The highest BCUT2D eigenvalue weighted by Gasteiger charge is 2.53. The molecule has 3 heterocycles. The minimum absolute atomic E-state index is 0.115. The second kappa shape index (κ2) is 10.6. The number of alkyl halides is 3. The van der Waals surface area contributed by atoms with Gasteiger partial charge < -0.3 is 19.1 Å². The van der Waals surface area contributed by atoms with E-state index in [-0.39, 0.29) is 36.0 Å². The summed E-state index contributed by atoms with van der Waals surface area (Å²) in [7, 11) is 3.62. The number of halogens is 4. The number of nitrogens with zero attached hydrogens (tertiary/aromatic N) is 6. The molecule has 0 radical (unpaired) electrons. The van der Waals surface area contributed by atoms with Crippen molar-refractivity contribution < 1.29 is 31.6 Å². The highest BCUT2D eigenvalue weighted by molar-refractivity contribution is 6.01. The number of amides is 2. The minimum Gasteiger partial charge on any atom is -0.415 e. The second-order valence-electron chi connectivity index (χ2n) is 8.92. The fourth-order valence-corrected chi connectivity index (χ4v) is 3.76. The molecule has 13 heteroatoms. The maximum absolute atomic E-state index is 15.6. The predicted octanol–water partition coefficient (Wildman–Crippen LogP) is 3.24. The molecule has 196 valence electrons. The van der Waals surface area contributed by atoms with Gasteiger partial charge in [-0.05, 0) is 44.4 Å². The predicted molar refractivity (Wildman–Crippen MR) is 124 cm³/mol. The van der Waals surface area contributed by atoms with Crippen LogP contribution in [0, 0.1) is 5.82 Å². The third kappa shape index (κ3) is 5.93. The van der Waals surface area contributed by atoms with Crippen LogP contribution in [0.1, 0.15) is 24.4 Å². The zero-order chi connectivity index (χ0) is 26.7. The van der Waals surface area contributed by atoms with Gasteiger partial charge in [-0.3, -0.25) is 14.6 Å². The van der Waals surface area contributed by atoms with Crippen LogP contribution >= 0.6 is 0 Å². The molecule has 3 aromatic rings. The van der Waals surface area contributed by atoms with Crippen molar-refractivity contribution in [1.82, 2.24) is 25.0 Å². The summed E-state index contributed by atoms with van der Waals surface area (Å²) in [5.74, 6) is -2.81. The molecule has 1 saturated heterocycles. The smallest absolute Gasteiger partial charge is 0.314 e. The van der Waals surface area contributed by atoms with Crippen LogP contribution in [-0.2, 0) is 16.1 Å². The fraction of sp³-hybridized carbons (Fsp3) is 0.375. The maximum Gasteiger partial charge on any atom is 0.314 e. The topological polar surface area (TPSA) is 95.7 Å². The van der Waals surface area contributed by atoms with Crippen LogP contribution in [0.15, 0.2) is 47.0 Å². The average molecular weight is 520 g/mol. The summed E-state index contributed by atoms with van der Waals surface area (Å²) in [5, 5.41) is 6.81. The Bertz CT molecular complexity index is 1260. The monoisotopic (exact) mass is 520 g/mol. The Morgan fingerprint density at radius 1 is 1.16 bits per heavy atom. The zero-order valence-corrected chi connectivity index (χ0v) is 20.1. The average Bonchev–Trinajstić information content (AvgIpc) is 3.34. The summed E-state index contributed by atoms with van der Waals surface area (Å²) in [5.41, 5.74) is -1.66. The first-order valence-corrected chi connectivity index (χ1v) is 11.3. The zero-order valence-electron chi connectivity index (χ0n) is 20.1. The SMILES string of the molecule is CN(C)CCC(=O)N1CC(F)(C(=O)N(Cc2ccc(-c3nnc(C(F)F)o3)cn2)c2cccc(F)c2)C1. The van der Waals surface area contributed by atoms with Gasteiger partial charge in [0, 0.05) is 24.8 Å². The van der Waals surface area contributed by atoms with Gasteiger partial charge in [0.1, 0.15) is 5.82 Å². The number of rotatable bonds is 9. The molecule has 0 unspecified atom stereocenters. The normalized spacial score (nSPS) is 14.6. The maximum atomic E-state index is 15.6. The molecule has 1 aromatic carbocycles. The van der Waals surface area contributed by atoms with Gasteiger partial charge in [0.25, 0.3) is 11.8 Å². The van der Waals surface area contributed by atoms with E-state index in [0.29, 0.717) is 12.2 Å². The minimum atomic E-state index is -2.92. The van der Waals surface area contributed by atoms with Crippen LogP contribution in [0.3, 0.4) is 0 Å². The highest BCUT2D eigenvalue weighted by Crippen LogP contribution is 2.32. The fourth-order valence-electron chi connectivity index (χ4n) is 3.76. The first kappa shape index (κ1) is 26.2. The van der Waals surface area contributed by atoms with E-state index in [9.17, 15) is 22.8 Å². The Hall–Kier alpha value is -3.87. The Kier molecular flexibility index (Phi) is 7.52. The van der Waals surface area contributed by atoms with E-state index in [2.05, 4.69) is 15.2 Å². The molecular weight excluding hydrogens is 496 g/mol. The molecule has 2 aromatic heterocycles. The van der Waals surface area contributed by atoms with Gasteiger partial charge in [0.15, 0.2) is 0 Å². The molecule has 2 amide bonds. The number of likely N-dealkylation sites (tertiary alicyclic amines) is 1. The third-order valence-electron chi connectivity index (χ3n) is 5.78. The van der Waals surface area contributed by atoms with Crippen molar-refractivity contribution in [2.75, 3.05) is 38.6 Å². The molecule has 0 spiro atoms. The van der Waals surface area contributed by atoms with E-state index in [1.54, 1.807) is 0 Å². The van der Waals surface area contributed by atoms with Gasteiger partial charge in [0.05, 0.1) is 30.9 Å². The molecule has 9 nitrogen and oxygen atoms in total. The van der Waals surface area contributed by atoms with Crippen molar-refractivity contribution in [3.63, 3.8) is 0 Å². The third-order valence-corrected chi connectivity index (χ3v) is 5.78. The molecular formula is C24H24F4N6O3. The van der Waals surface area contributed by atoms with Crippen LogP contribution < -0.4 is 4.90 Å². The summed E-state index contributed by atoms with van der Waals surface area (Å²) >= 11 is 0. The van der Waals surface area contributed by atoms with Crippen molar-refractivity contribution in [1.29, 1.82) is 0 Å². The summed E-state index contributed by atoms with van der Waals surface area (Å²) in [6, 6.07) is 8.08. The number of carbonyl (C=O) groups excluding carboxylic acids is 2. The number of hydrogen-bond donors (Lipinski definition) is 0. The number of carbonyl (C=O) groups is 2. The molecule has 0 bridgehead atoms. The number of anilines is 1. The van der Waals surface area contributed by atoms with Gasteiger partial charge in [-0.2, -0.15) is 8.78 Å². The quantitative estimate of drug-likeness (QED) is 0.400. The van der Waals surface area contributed by atoms with Crippen LogP contribution in [-0.4, -0.2) is 76.2 Å². The molecule has 1 aliphatic heterocycles. The summed E-state index contributed by atoms with van der Waals surface area (Å²) in [4.78, 5) is 34.0. The lowest BCUT2D eigenvalue weighted by Gasteiger charge is -2.45. The Morgan fingerprint density at radius 3 is 2.51 bits per heavy atom. The van der Waals surface area contributed by atoms with E-state index in [4.69, 9.17) is 4.42 Å². The molecule has 0 saturated carbocycles. The van der Waals surface area contributed by atoms with Crippen molar-refractivity contribution in [2.45, 2.75) is 25.1 Å². The lowest BCUT2D eigenvalue weighted by atomic mass is 9.93. The van der Waals surface area contributed by atoms with E-state index in [0.717, 1.165) is 11.0 Å². The Balaban J connectivity index is 1.51. The number of aromatic nitrogens is 3. The van der Waals surface area contributed by atoms with Gasteiger partial charge in [-0.25, -0.2) is 8.78 Å². The van der Waals surface area contributed by atoms with E-state index in [1.165, 1.54) is 41.4 Å². The number of benzene rings is 1. The molecule has 1 fully saturated rings. The molecule has 1 aliphatic rings.